The molecule has 0 aliphatic carbocycles. The molecule has 0 saturated carbocycles. The molecule has 1 atom stereocenters. The fraction of sp³-hybridized carbons (Fsp3) is 0.294. The molecular weight excluding hydrogens is 332 g/mol. The van der Waals surface area contributed by atoms with E-state index in [4.69, 9.17) is 4.18 Å². The van der Waals surface area contributed by atoms with Crippen LogP contribution >= 0.6 is 0 Å². The lowest BCUT2D eigenvalue weighted by atomic mass is 9.88. The summed E-state index contributed by atoms with van der Waals surface area (Å²) in [5.74, 6) is -1.38. The molecule has 6 nitrogen and oxygen atoms in total. The zero-order valence-electron chi connectivity index (χ0n) is 13.6. The van der Waals surface area contributed by atoms with Gasteiger partial charge >= 0.3 is 5.97 Å². The number of ketones is 1. The summed E-state index contributed by atoms with van der Waals surface area (Å²) in [6.45, 7) is 1.85. The van der Waals surface area contributed by atoms with Gasteiger partial charge in [0.1, 0.15) is 11.2 Å². The summed E-state index contributed by atoms with van der Waals surface area (Å²) in [6.07, 6.45) is 0. The molecule has 0 fully saturated rings. The number of rotatable bonds is 6. The maximum Gasteiger partial charge on any atom is 0.321 e. The van der Waals surface area contributed by atoms with Crippen molar-refractivity contribution in [3.63, 3.8) is 0 Å². The van der Waals surface area contributed by atoms with Crippen molar-refractivity contribution in [1.29, 1.82) is 0 Å². The number of esters is 1. The van der Waals surface area contributed by atoms with Crippen LogP contribution in [0.25, 0.3) is 10.8 Å². The van der Waals surface area contributed by atoms with Gasteiger partial charge in [0.2, 0.25) is 0 Å². The summed E-state index contributed by atoms with van der Waals surface area (Å²) in [5.41, 5.74) is -1.68. The SMILES string of the molecule is COC(=O)C(C)(COS(=O)(=O)c1ccc2ccccc2c1)C(C)=O. The van der Waals surface area contributed by atoms with Crippen molar-refractivity contribution in [2.45, 2.75) is 18.7 Å². The van der Waals surface area contributed by atoms with E-state index in [2.05, 4.69) is 4.74 Å². The Morgan fingerprint density at radius 3 is 2.29 bits per heavy atom. The average molecular weight is 350 g/mol. The molecular formula is C17H18O6S. The van der Waals surface area contributed by atoms with E-state index in [0.29, 0.717) is 0 Å². The van der Waals surface area contributed by atoms with E-state index < -0.39 is 33.9 Å². The molecule has 0 bridgehead atoms. The molecule has 0 heterocycles. The van der Waals surface area contributed by atoms with Gasteiger partial charge in [-0.25, -0.2) is 0 Å². The molecule has 0 aliphatic heterocycles. The smallest absolute Gasteiger partial charge is 0.321 e. The Morgan fingerprint density at radius 1 is 1.08 bits per heavy atom. The van der Waals surface area contributed by atoms with Crippen LogP contribution in [-0.2, 0) is 28.6 Å². The van der Waals surface area contributed by atoms with Crippen LogP contribution in [-0.4, -0.2) is 33.9 Å². The highest BCUT2D eigenvalue weighted by atomic mass is 32.2. The highest BCUT2D eigenvalue weighted by Crippen LogP contribution is 2.25. The van der Waals surface area contributed by atoms with E-state index >= 15 is 0 Å². The first-order valence-corrected chi connectivity index (χ1v) is 8.59. The second-order valence-corrected chi connectivity index (χ2v) is 7.22. The Labute approximate surface area is 140 Å². The van der Waals surface area contributed by atoms with Crippen LogP contribution in [0.4, 0.5) is 0 Å². The van der Waals surface area contributed by atoms with E-state index in [1.165, 1.54) is 26.0 Å². The van der Waals surface area contributed by atoms with Gasteiger partial charge < -0.3 is 4.74 Å². The molecule has 0 spiro atoms. The summed E-state index contributed by atoms with van der Waals surface area (Å²) in [7, 11) is -2.99. The number of carbonyl (C=O) groups is 2. The first-order chi connectivity index (χ1) is 11.2. The van der Waals surface area contributed by atoms with Gasteiger partial charge in [0.15, 0.2) is 0 Å². The van der Waals surface area contributed by atoms with Crippen LogP contribution in [0.2, 0.25) is 0 Å². The van der Waals surface area contributed by atoms with E-state index in [0.717, 1.165) is 17.9 Å². The molecule has 0 aromatic heterocycles. The van der Waals surface area contributed by atoms with E-state index in [9.17, 15) is 18.0 Å². The van der Waals surface area contributed by atoms with Crippen LogP contribution in [0.1, 0.15) is 13.8 Å². The largest absolute Gasteiger partial charge is 0.468 e. The minimum Gasteiger partial charge on any atom is -0.468 e. The zero-order valence-corrected chi connectivity index (χ0v) is 14.4. The maximum atomic E-state index is 12.4. The first-order valence-electron chi connectivity index (χ1n) is 7.18. The van der Waals surface area contributed by atoms with Crippen LogP contribution < -0.4 is 0 Å². The Kier molecular flexibility index (Phi) is 5.05. The Morgan fingerprint density at radius 2 is 1.71 bits per heavy atom. The lowest BCUT2D eigenvalue weighted by molar-refractivity contribution is -0.158. The third kappa shape index (κ3) is 3.47. The Bertz CT molecular complexity index is 887. The van der Waals surface area contributed by atoms with Crippen molar-refractivity contribution in [3.8, 4) is 0 Å². The molecule has 0 saturated heterocycles. The zero-order chi connectivity index (χ0) is 18.0. The van der Waals surface area contributed by atoms with Gasteiger partial charge in [0, 0.05) is 0 Å². The minimum absolute atomic E-state index is 0.0445. The highest BCUT2D eigenvalue weighted by molar-refractivity contribution is 7.86. The Balaban J connectivity index is 2.29. The third-order valence-electron chi connectivity index (χ3n) is 3.93. The normalized spacial score (nSPS) is 14.1. The summed E-state index contributed by atoms with van der Waals surface area (Å²) < 4.78 is 34.3. The number of methoxy groups -OCH3 is 1. The lowest BCUT2D eigenvalue weighted by Crippen LogP contribution is -2.41. The van der Waals surface area contributed by atoms with Crippen molar-refractivity contribution in [1.82, 2.24) is 0 Å². The number of benzene rings is 2. The van der Waals surface area contributed by atoms with Crippen molar-refractivity contribution in [3.05, 3.63) is 42.5 Å². The fourth-order valence-corrected chi connectivity index (χ4v) is 3.15. The van der Waals surface area contributed by atoms with Gasteiger partial charge in [0.25, 0.3) is 10.1 Å². The van der Waals surface area contributed by atoms with Gasteiger partial charge in [-0.2, -0.15) is 8.42 Å². The van der Waals surface area contributed by atoms with Crippen LogP contribution in [0, 0.1) is 5.41 Å². The van der Waals surface area contributed by atoms with Gasteiger partial charge in [0.05, 0.1) is 18.6 Å². The topological polar surface area (TPSA) is 86.7 Å². The first kappa shape index (κ1) is 18.1. The monoisotopic (exact) mass is 350 g/mol. The molecule has 7 heteroatoms. The molecule has 1 unspecified atom stereocenters. The van der Waals surface area contributed by atoms with Crippen molar-refractivity contribution in [2.75, 3.05) is 13.7 Å². The minimum atomic E-state index is -4.12. The standard InChI is InChI=1S/C17H18O6S/c1-12(18)17(2,16(19)22-3)11-23-24(20,21)15-9-8-13-6-4-5-7-14(13)10-15/h4-10H,11H2,1-3H3. The van der Waals surface area contributed by atoms with Gasteiger partial charge in [-0.3, -0.25) is 13.8 Å². The van der Waals surface area contributed by atoms with Crippen LogP contribution in [0.5, 0.6) is 0 Å². The van der Waals surface area contributed by atoms with Crippen molar-refractivity contribution >= 4 is 32.6 Å². The second kappa shape index (κ2) is 6.70. The molecule has 2 aromatic rings. The van der Waals surface area contributed by atoms with Crippen molar-refractivity contribution < 1.29 is 26.9 Å². The number of carbonyl (C=O) groups excluding carboxylic acids is 2. The van der Waals surface area contributed by atoms with E-state index in [1.807, 2.05) is 12.1 Å². The number of hydrogen-bond donors (Lipinski definition) is 0. The molecule has 0 aliphatic rings. The molecule has 0 radical (unpaired) electrons. The van der Waals surface area contributed by atoms with E-state index in [1.54, 1.807) is 18.2 Å². The van der Waals surface area contributed by atoms with Gasteiger partial charge in [-0.1, -0.05) is 30.3 Å². The summed E-state index contributed by atoms with van der Waals surface area (Å²) in [4.78, 5) is 23.5. The fourth-order valence-electron chi connectivity index (χ4n) is 2.12. The summed E-state index contributed by atoms with van der Waals surface area (Å²) >= 11 is 0. The molecule has 0 amide bonds. The predicted octanol–water partition coefficient (Wildman–Crippen LogP) is 2.31. The summed E-state index contributed by atoms with van der Waals surface area (Å²) in [6, 6.07) is 11.8. The molecule has 2 aromatic carbocycles. The number of Topliss-reactive ketones (excluding diaryl/α,β-unsaturated/α-hetero) is 1. The molecule has 2 rings (SSSR count). The maximum absolute atomic E-state index is 12.4. The lowest BCUT2D eigenvalue weighted by Gasteiger charge is -2.22. The molecule has 128 valence electrons. The quantitative estimate of drug-likeness (QED) is 0.451. The number of hydrogen-bond acceptors (Lipinski definition) is 6. The van der Waals surface area contributed by atoms with Crippen LogP contribution in [0.15, 0.2) is 47.4 Å². The highest BCUT2D eigenvalue weighted by Gasteiger charge is 2.41. The third-order valence-corrected chi connectivity index (χ3v) is 5.18. The number of ether oxygens (including phenoxy) is 1. The Hall–Kier alpha value is -2.25. The number of fused-ring (bicyclic) bond motifs is 1. The van der Waals surface area contributed by atoms with Crippen molar-refractivity contribution in [2.24, 2.45) is 5.41 Å². The average Bonchev–Trinajstić information content (AvgIpc) is 2.58. The second-order valence-electron chi connectivity index (χ2n) is 5.61. The molecule has 24 heavy (non-hydrogen) atoms. The van der Waals surface area contributed by atoms with Crippen LogP contribution in [0.3, 0.4) is 0 Å². The molecule has 0 N–H and O–H groups in total. The predicted molar refractivity (Wildman–Crippen MR) is 87.9 cm³/mol. The van der Waals surface area contributed by atoms with Gasteiger partial charge in [-0.15, -0.1) is 0 Å². The summed E-state index contributed by atoms with van der Waals surface area (Å²) in [5, 5.41) is 1.63. The van der Waals surface area contributed by atoms with E-state index in [-0.39, 0.29) is 4.90 Å². The van der Waals surface area contributed by atoms with Gasteiger partial charge in [-0.05, 0) is 36.8 Å².